The standard InChI is InChI=1S/C19H32N4O3.HI/c1-18(2,3)26-17(24)22-7-8-23-12(11-22)10-20-16(23)21-14-13-6-9-25-15(13)19(14,4)5;/h12-15H,6-11H2,1-5H3,(H,20,21);1H. The zero-order chi connectivity index (χ0) is 18.7. The molecule has 0 aromatic carbocycles. The highest BCUT2D eigenvalue weighted by atomic mass is 127. The average molecular weight is 492 g/mol. The van der Waals surface area contributed by atoms with Gasteiger partial charge in [-0.3, -0.25) is 4.99 Å². The topological polar surface area (TPSA) is 66.4 Å². The van der Waals surface area contributed by atoms with Gasteiger partial charge in [-0.2, -0.15) is 0 Å². The minimum absolute atomic E-state index is 0. The van der Waals surface area contributed by atoms with Crippen LogP contribution >= 0.6 is 24.0 Å². The minimum atomic E-state index is -0.456. The van der Waals surface area contributed by atoms with Gasteiger partial charge in [0, 0.05) is 43.6 Å². The van der Waals surface area contributed by atoms with Crippen molar-refractivity contribution in [3.8, 4) is 0 Å². The molecule has 3 fully saturated rings. The second kappa shape index (κ2) is 7.24. The summed E-state index contributed by atoms with van der Waals surface area (Å²) in [7, 11) is 0. The molecule has 3 heterocycles. The van der Waals surface area contributed by atoms with Gasteiger partial charge in [-0.25, -0.2) is 4.79 Å². The molecule has 7 nitrogen and oxygen atoms in total. The number of aliphatic imine (C=N–C) groups is 1. The number of nitrogens with zero attached hydrogens (tertiary/aromatic N) is 3. The van der Waals surface area contributed by atoms with Gasteiger partial charge < -0.3 is 24.6 Å². The van der Waals surface area contributed by atoms with Crippen LogP contribution in [0.15, 0.2) is 4.99 Å². The second-order valence-corrected chi connectivity index (χ2v) is 9.63. The summed E-state index contributed by atoms with van der Waals surface area (Å²) < 4.78 is 11.4. The third kappa shape index (κ3) is 3.75. The zero-order valence-electron chi connectivity index (χ0n) is 17.0. The summed E-state index contributed by atoms with van der Waals surface area (Å²) >= 11 is 0. The minimum Gasteiger partial charge on any atom is -0.444 e. The molecule has 27 heavy (non-hydrogen) atoms. The molecule has 4 unspecified atom stereocenters. The maximum absolute atomic E-state index is 12.3. The maximum Gasteiger partial charge on any atom is 0.410 e. The number of ether oxygens (including phenoxy) is 2. The van der Waals surface area contributed by atoms with Gasteiger partial charge in [-0.1, -0.05) is 13.8 Å². The molecular weight excluding hydrogens is 459 g/mol. The summed E-state index contributed by atoms with van der Waals surface area (Å²) in [6.45, 7) is 14.0. The van der Waals surface area contributed by atoms with Crippen LogP contribution in [0.5, 0.6) is 0 Å². The Morgan fingerprint density at radius 3 is 2.78 bits per heavy atom. The molecule has 3 aliphatic heterocycles. The van der Waals surface area contributed by atoms with Gasteiger partial charge in [0.1, 0.15) is 5.60 Å². The Bertz CT molecular complexity index is 619. The van der Waals surface area contributed by atoms with Crippen LogP contribution in [0.1, 0.15) is 41.0 Å². The number of carbonyl (C=O) groups is 1. The maximum atomic E-state index is 12.3. The van der Waals surface area contributed by atoms with Crippen molar-refractivity contribution in [3.05, 3.63) is 0 Å². The van der Waals surface area contributed by atoms with Crippen molar-refractivity contribution >= 4 is 36.0 Å². The molecule has 0 aromatic rings. The van der Waals surface area contributed by atoms with E-state index in [-0.39, 0.29) is 41.5 Å². The predicted molar refractivity (Wildman–Crippen MR) is 115 cm³/mol. The SMILES string of the molecule is CC(C)(C)OC(=O)N1CCN2C(NC3C4CCOC4C3(C)C)=NCC2C1.I. The van der Waals surface area contributed by atoms with E-state index in [1.807, 2.05) is 25.7 Å². The first-order valence-corrected chi connectivity index (χ1v) is 9.84. The lowest BCUT2D eigenvalue weighted by molar-refractivity contribution is -0.107. The number of fused-ring (bicyclic) bond motifs is 2. The summed E-state index contributed by atoms with van der Waals surface area (Å²) in [5.74, 6) is 1.59. The highest BCUT2D eigenvalue weighted by Gasteiger charge is 2.60. The predicted octanol–water partition coefficient (Wildman–Crippen LogP) is 2.30. The number of piperazine rings is 1. The number of hydrogen-bond donors (Lipinski definition) is 1. The van der Waals surface area contributed by atoms with E-state index in [0.29, 0.717) is 31.2 Å². The third-order valence-corrected chi connectivity index (χ3v) is 6.24. The van der Waals surface area contributed by atoms with Crippen molar-refractivity contribution in [1.29, 1.82) is 0 Å². The Morgan fingerprint density at radius 2 is 2.07 bits per heavy atom. The smallest absolute Gasteiger partial charge is 0.410 e. The molecule has 0 bridgehead atoms. The average Bonchev–Trinajstić information content (AvgIpc) is 3.16. The summed E-state index contributed by atoms with van der Waals surface area (Å²) in [5.41, 5.74) is -0.317. The molecule has 154 valence electrons. The lowest BCUT2D eigenvalue weighted by Gasteiger charge is -2.55. The van der Waals surface area contributed by atoms with Crippen molar-refractivity contribution in [3.63, 3.8) is 0 Å². The molecule has 1 amide bonds. The summed E-state index contributed by atoms with van der Waals surface area (Å²) in [6.07, 6.45) is 1.29. The van der Waals surface area contributed by atoms with Crippen molar-refractivity contribution in [2.24, 2.45) is 16.3 Å². The van der Waals surface area contributed by atoms with E-state index in [1.54, 1.807) is 0 Å². The van der Waals surface area contributed by atoms with Crippen LogP contribution < -0.4 is 5.32 Å². The number of halogens is 1. The molecule has 2 saturated heterocycles. The number of carbonyl (C=O) groups excluding carboxylic acids is 1. The Morgan fingerprint density at radius 1 is 1.33 bits per heavy atom. The normalized spacial score (nSPS) is 34.0. The quantitative estimate of drug-likeness (QED) is 0.570. The Labute approximate surface area is 179 Å². The molecule has 4 aliphatic rings. The van der Waals surface area contributed by atoms with Crippen LogP contribution in [0.4, 0.5) is 4.79 Å². The van der Waals surface area contributed by atoms with E-state index in [1.165, 1.54) is 0 Å². The number of guanidine groups is 1. The van der Waals surface area contributed by atoms with Crippen molar-refractivity contribution in [1.82, 2.24) is 15.1 Å². The van der Waals surface area contributed by atoms with E-state index in [0.717, 1.165) is 32.1 Å². The fraction of sp³-hybridized carbons (Fsp3) is 0.895. The van der Waals surface area contributed by atoms with Gasteiger partial charge in [0.15, 0.2) is 5.96 Å². The fourth-order valence-corrected chi connectivity index (χ4v) is 4.95. The van der Waals surface area contributed by atoms with Gasteiger partial charge in [0.2, 0.25) is 0 Å². The van der Waals surface area contributed by atoms with Crippen LogP contribution in [0.2, 0.25) is 0 Å². The summed E-state index contributed by atoms with van der Waals surface area (Å²) in [6, 6.07) is 0.661. The van der Waals surface area contributed by atoms with Gasteiger partial charge in [-0.05, 0) is 27.2 Å². The van der Waals surface area contributed by atoms with Gasteiger partial charge in [0.05, 0.1) is 18.7 Å². The summed E-state index contributed by atoms with van der Waals surface area (Å²) in [5, 5.41) is 3.72. The zero-order valence-corrected chi connectivity index (χ0v) is 19.4. The first-order valence-electron chi connectivity index (χ1n) is 9.84. The molecule has 1 saturated carbocycles. The largest absolute Gasteiger partial charge is 0.444 e. The molecule has 0 aromatic heterocycles. The van der Waals surface area contributed by atoms with Crippen molar-refractivity contribution in [2.75, 3.05) is 32.8 Å². The summed E-state index contributed by atoms with van der Waals surface area (Å²) in [4.78, 5) is 21.3. The van der Waals surface area contributed by atoms with E-state index in [9.17, 15) is 4.79 Å². The van der Waals surface area contributed by atoms with E-state index in [4.69, 9.17) is 14.5 Å². The van der Waals surface area contributed by atoms with Crippen LogP contribution in [0, 0.1) is 11.3 Å². The van der Waals surface area contributed by atoms with Gasteiger partial charge in [0.25, 0.3) is 0 Å². The molecule has 4 rings (SSSR count). The van der Waals surface area contributed by atoms with E-state index >= 15 is 0 Å². The molecule has 0 radical (unpaired) electrons. The molecule has 4 atom stereocenters. The molecule has 0 spiro atoms. The third-order valence-electron chi connectivity index (χ3n) is 6.24. The number of nitrogens with one attached hydrogen (secondary N) is 1. The van der Waals surface area contributed by atoms with Gasteiger partial charge >= 0.3 is 6.09 Å². The lowest BCUT2D eigenvalue weighted by atomic mass is 9.57. The van der Waals surface area contributed by atoms with Crippen LogP contribution in [0.25, 0.3) is 0 Å². The van der Waals surface area contributed by atoms with Crippen LogP contribution in [-0.4, -0.2) is 78.4 Å². The first-order chi connectivity index (χ1) is 12.2. The number of rotatable bonds is 1. The Hall–Kier alpha value is -0.770. The molecule has 8 heteroatoms. The molecule has 1 aliphatic carbocycles. The van der Waals surface area contributed by atoms with Crippen molar-refractivity contribution < 1.29 is 14.3 Å². The first kappa shape index (κ1) is 21.0. The van der Waals surface area contributed by atoms with Gasteiger partial charge in [-0.15, -0.1) is 24.0 Å². The van der Waals surface area contributed by atoms with Crippen LogP contribution in [-0.2, 0) is 9.47 Å². The van der Waals surface area contributed by atoms with E-state index in [2.05, 4.69) is 24.1 Å². The van der Waals surface area contributed by atoms with Crippen LogP contribution in [0.3, 0.4) is 0 Å². The fourth-order valence-electron chi connectivity index (χ4n) is 4.95. The highest BCUT2D eigenvalue weighted by molar-refractivity contribution is 14.0. The second-order valence-electron chi connectivity index (χ2n) is 9.63. The Balaban J connectivity index is 0.00000210. The highest BCUT2D eigenvalue weighted by Crippen LogP contribution is 2.52. The monoisotopic (exact) mass is 492 g/mol. The molecular formula is C19H33IN4O3. The number of amides is 1. The lowest BCUT2D eigenvalue weighted by Crippen LogP contribution is -2.68. The molecule has 1 N–H and O–H groups in total. The van der Waals surface area contributed by atoms with Crippen molar-refractivity contribution in [2.45, 2.75) is 64.8 Å². The Kier molecular flexibility index (Phi) is 5.62. The van der Waals surface area contributed by atoms with E-state index < -0.39 is 5.60 Å². The number of hydrogen-bond acceptors (Lipinski definition) is 6.